The molecule has 0 aliphatic rings. The molecule has 0 aromatic heterocycles. The zero-order chi connectivity index (χ0) is 29.1. The number of benzene rings is 2. The number of aryl methyl sites for hydroxylation is 2. The van der Waals surface area contributed by atoms with Crippen molar-refractivity contribution >= 4 is 0 Å². The summed E-state index contributed by atoms with van der Waals surface area (Å²) in [7, 11) is 0. The van der Waals surface area contributed by atoms with E-state index < -0.39 is 0 Å². The van der Waals surface area contributed by atoms with Gasteiger partial charge in [0.15, 0.2) is 0 Å². The Labute approximate surface area is 256 Å². The third-order valence-corrected chi connectivity index (χ3v) is 8.74. The van der Waals surface area contributed by atoms with E-state index in [1.807, 2.05) is 0 Å². The molecular weight excluding hydrogens is 496 g/mol. The van der Waals surface area contributed by atoms with Crippen molar-refractivity contribution in [1.29, 1.82) is 0 Å². The van der Waals surface area contributed by atoms with Crippen LogP contribution < -0.4 is 4.74 Å². The number of para-hydroxylation sites is 2. The molecule has 1 heteroatoms. The molecule has 0 aliphatic carbocycles. The number of hydrogen-bond donors (Lipinski definition) is 0. The number of ether oxygens (including phenoxy) is 1. The lowest BCUT2D eigenvalue weighted by Crippen LogP contribution is -1.98. The molecule has 0 atom stereocenters. The van der Waals surface area contributed by atoms with Gasteiger partial charge >= 0.3 is 0 Å². The average Bonchev–Trinajstić information content (AvgIpc) is 3.00. The SMILES string of the molecule is CCCCCCCCCCCCCCc1cccc(CCCCCCCCCCCCCC)c1Oc1ccccc1. The molecule has 0 N–H and O–H groups in total. The van der Waals surface area contributed by atoms with Gasteiger partial charge in [0.25, 0.3) is 0 Å². The van der Waals surface area contributed by atoms with Crippen molar-refractivity contribution in [1.82, 2.24) is 0 Å². The minimum absolute atomic E-state index is 0.964. The molecule has 0 unspecified atom stereocenters. The summed E-state index contributed by atoms with van der Waals surface area (Å²) in [6.45, 7) is 4.60. The lowest BCUT2D eigenvalue weighted by Gasteiger charge is -2.16. The smallest absolute Gasteiger partial charge is 0.133 e. The lowest BCUT2D eigenvalue weighted by atomic mass is 9.98. The molecule has 41 heavy (non-hydrogen) atoms. The molecule has 0 spiro atoms. The molecule has 1 nitrogen and oxygen atoms in total. The monoisotopic (exact) mass is 563 g/mol. The Bertz CT molecular complexity index is 780. The predicted molar refractivity (Wildman–Crippen MR) is 183 cm³/mol. The molecule has 0 saturated heterocycles. The van der Waals surface area contributed by atoms with Gasteiger partial charge in [0.2, 0.25) is 0 Å². The molecule has 0 aliphatic heterocycles. The van der Waals surface area contributed by atoms with Gasteiger partial charge in [-0.1, -0.05) is 192 Å². The van der Waals surface area contributed by atoms with Crippen LogP contribution in [0, 0.1) is 0 Å². The van der Waals surface area contributed by atoms with Crippen LogP contribution in [0.3, 0.4) is 0 Å². The predicted octanol–water partition coefficient (Wildman–Crippen LogP) is 14.0. The highest BCUT2D eigenvalue weighted by Crippen LogP contribution is 2.32. The highest BCUT2D eigenvalue weighted by atomic mass is 16.5. The number of rotatable bonds is 28. The van der Waals surface area contributed by atoms with Gasteiger partial charge in [0.05, 0.1) is 0 Å². The van der Waals surface area contributed by atoms with Gasteiger partial charge < -0.3 is 4.74 Å². The van der Waals surface area contributed by atoms with E-state index in [0.717, 1.165) is 24.3 Å². The van der Waals surface area contributed by atoms with E-state index in [2.05, 4.69) is 62.4 Å². The minimum Gasteiger partial charge on any atom is -0.457 e. The fraction of sp³-hybridized carbons (Fsp3) is 0.700. The first-order valence-electron chi connectivity index (χ1n) is 18.2. The Balaban J connectivity index is 1.68. The first-order valence-corrected chi connectivity index (χ1v) is 18.2. The van der Waals surface area contributed by atoms with E-state index in [9.17, 15) is 0 Å². The zero-order valence-corrected chi connectivity index (χ0v) is 27.4. The number of hydrogen-bond acceptors (Lipinski definition) is 1. The van der Waals surface area contributed by atoms with Gasteiger partial charge in [0, 0.05) is 0 Å². The van der Waals surface area contributed by atoms with Crippen molar-refractivity contribution in [2.24, 2.45) is 0 Å². The van der Waals surface area contributed by atoms with Crippen LogP contribution in [0.2, 0.25) is 0 Å². The van der Waals surface area contributed by atoms with Gasteiger partial charge in [-0.15, -0.1) is 0 Å². The summed E-state index contributed by atoms with van der Waals surface area (Å²) in [4.78, 5) is 0. The Hall–Kier alpha value is -1.76. The van der Waals surface area contributed by atoms with Crippen molar-refractivity contribution in [3.8, 4) is 11.5 Å². The molecule has 0 bridgehead atoms. The van der Waals surface area contributed by atoms with E-state index in [-0.39, 0.29) is 0 Å². The third kappa shape index (κ3) is 18.4. The van der Waals surface area contributed by atoms with E-state index in [1.54, 1.807) is 0 Å². The first-order chi connectivity index (χ1) is 20.3. The summed E-state index contributed by atoms with van der Waals surface area (Å²) in [5.74, 6) is 2.11. The van der Waals surface area contributed by atoms with Crippen molar-refractivity contribution in [3.63, 3.8) is 0 Å². The minimum atomic E-state index is 0.964. The Morgan fingerprint density at radius 1 is 0.366 bits per heavy atom. The van der Waals surface area contributed by atoms with Crippen molar-refractivity contribution in [3.05, 3.63) is 59.7 Å². The molecule has 2 aromatic carbocycles. The van der Waals surface area contributed by atoms with Crippen molar-refractivity contribution in [2.45, 2.75) is 181 Å². The summed E-state index contributed by atoms with van der Waals surface area (Å²) in [5, 5.41) is 0. The third-order valence-electron chi connectivity index (χ3n) is 8.74. The maximum atomic E-state index is 6.56. The maximum Gasteiger partial charge on any atom is 0.133 e. The van der Waals surface area contributed by atoms with Crippen LogP contribution in [0.5, 0.6) is 11.5 Å². The first kappa shape index (κ1) is 35.4. The molecule has 2 aromatic rings. The fourth-order valence-corrected chi connectivity index (χ4v) is 6.08. The second-order valence-corrected chi connectivity index (χ2v) is 12.6. The van der Waals surface area contributed by atoms with Crippen molar-refractivity contribution in [2.75, 3.05) is 0 Å². The normalized spacial score (nSPS) is 11.3. The van der Waals surface area contributed by atoms with Gasteiger partial charge in [-0.25, -0.2) is 0 Å². The highest BCUT2D eigenvalue weighted by Gasteiger charge is 2.11. The summed E-state index contributed by atoms with van der Waals surface area (Å²) < 4.78 is 6.56. The Kier molecular flexibility index (Phi) is 22.4. The fourth-order valence-electron chi connectivity index (χ4n) is 6.08. The van der Waals surface area contributed by atoms with Gasteiger partial charge in [-0.2, -0.15) is 0 Å². The van der Waals surface area contributed by atoms with Crippen LogP contribution in [0.1, 0.15) is 179 Å². The summed E-state index contributed by atoms with van der Waals surface area (Å²) >= 11 is 0. The van der Waals surface area contributed by atoms with Crippen molar-refractivity contribution < 1.29 is 4.74 Å². The molecule has 0 radical (unpaired) electrons. The zero-order valence-electron chi connectivity index (χ0n) is 27.4. The molecule has 0 heterocycles. The van der Waals surface area contributed by atoms with Crippen LogP contribution in [0.25, 0.3) is 0 Å². The molecule has 0 amide bonds. The van der Waals surface area contributed by atoms with E-state index in [1.165, 1.54) is 165 Å². The van der Waals surface area contributed by atoms with Crippen LogP contribution in [-0.2, 0) is 12.8 Å². The quantitative estimate of drug-likeness (QED) is 0.0937. The van der Waals surface area contributed by atoms with E-state index in [4.69, 9.17) is 4.74 Å². The molecule has 232 valence electrons. The van der Waals surface area contributed by atoms with Crippen LogP contribution in [0.15, 0.2) is 48.5 Å². The molecule has 2 rings (SSSR count). The largest absolute Gasteiger partial charge is 0.457 e. The van der Waals surface area contributed by atoms with E-state index >= 15 is 0 Å². The molecular formula is C40H66O. The van der Waals surface area contributed by atoms with Gasteiger partial charge in [0.1, 0.15) is 11.5 Å². The topological polar surface area (TPSA) is 9.23 Å². The van der Waals surface area contributed by atoms with Crippen LogP contribution >= 0.6 is 0 Å². The molecule has 0 fully saturated rings. The summed E-state index contributed by atoms with van der Waals surface area (Å²) in [6.07, 6.45) is 35.8. The van der Waals surface area contributed by atoms with Gasteiger partial charge in [-0.3, -0.25) is 0 Å². The standard InChI is InChI=1S/C40H66O/c1-3-5-7-9-11-13-15-17-19-21-23-26-31-37-33-30-34-38(40(37)41-39-35-28-25-29-36-39)32-27-24-22-20-18-16-14-12-10-8-6-4-2/h25,28-30,33-36H,3-24,26-27,31-32H2,1-2H3. The van der Waals surface area contributed by atoms with Crippen LogP contribution in [0.4, 0.5) is 0 Å². The maximum absolute atomic E-state index is 6.56. The van der Waals surface area contributed by atoms with E-state index in [0.29, 0.717) is 0 Å². The second kappa shape index (κ2) is 25.9. The second-order valence-electron chi connectivity index (χ2n) is 12.6. The Morgan fingerprint density at radius 3 is 1.07 bits per heavy atom. The van der Waals surface area contributed by atoms with Gasteiger partial charge in [-0.05, 0) is 48.9 Å². The number of unbranched alkanes of at least 4 members (excludes halogenated alkanes) is 22. The summed E-state index contributed by atoms with van der Waals surface area (Å²) in [5.41, 5.74) is 2.80. The molecule has 0 saturated carbocycles. The highest BCUT2D eigenvalue weighted by molar-refractivity contribution is 5.44. The van der Waals surface area contributed by atoms with Crippen LogP contribution in [-0.4, -0.2) is 0 Å². The average molecular weight is 563 g/mol. The lowest BCUT2D eigenvalue weighted by molar-refractivity contribution is 0.465. The summed E-state index contributed by atoms with van der Waals surface area (Å²) in [6, 6.07) is 17.3. The Morgan fingerprint density at radius 2 is 0.707 bits per heavy atom.